The highest BCUT2D eigenvalue weighted by molar-refractivity contribution is 8.77. The van der Waals surface area contributed by atoms with E-state index in [2.05, 4.69) is 41.1 Å². The lowest BCUT2D eigenvalue weighted by Crippen LogP contribution is -2.29. The van der Waals surface area contributed by atoms with E-state index in [0.29, 0.717) is 32.0 Å². The van der Waals surface area contributed by atoms with Gasteiger partial charge in [-0.1, -0.05) is 63.9 Å². The molecule has 0 aliphatic carbocycles. The van der Waals surface area contributed by atoms with Gasteiger partial charge in [0.25, 0.3) is 7.28 Å². The molecular weight excluding hydrogens is 724 g/mol. The summed E-state index contributed by atoms with van der Waals surface area (Å²) in [6.45, 7) is 6.69. The van der Waals surface area contributed by atoms with Gasteiger partial charge in [-0.25, -0.2) is 13.7 Å². The van der Waals surface area contributed by atoms with E-state index < -0.39 is 48.3 Å². The van der Waals surface area contributed by atoms with Crippen molar-refractivity contribution in [2.75, 3.05) is 38.0 Å². The molecule has 1 saturated heterocycles. The van der Waals surface area contributed by atoms with E-state index in [1.54, 1.807) is 21.6 Å². The molecule has 1 aliphatic rings. The average Bonchev–Trinajstić information content (AvgIpc) is 3.25. The van der Waals surface area contributed by atoms with Crippen molar-refractivity contribution in [3.8, 4) is 11.7 Å². The molecule has 0 aromatic heterocycles. The molecule has 0 aromatic rings. The molecular formula is C21H39BO15P3S4. The van der Waals surface area contributed by atoms with Crippen LogP contribution in [0.3, 0.4) is 0 Å². The Morgan fingerprint density at radius 3 is 2.39 bits per heavy atom. The molecule has 23 heteroatoms. The van der Waals surface area contributed by atoms with Gasteiger partial charge in [0.05, 0.1) is 25.7 Å². The van der Waals surface area contributed by atoms with Gasteiger partial charge in [-0.15, -0.1) is 5.92 Å². The molecule has 1 aliphatic heterocycles. The van der Waals surface area contributed by atoms with Crippen LogP contribution in [-0.2, 0) is 50.6 Å². The van der Waals surface area contributed by atoms with Gasteiger partial charge >= 0.3 is 29.4 Å². The number of phosphoric ester groups is 1. The van der Waals surface area contributed by atoms with E-state index in [1.807, 2.05) is 6.26 Å². The van der Waals surface area contributed by atoms with E-state index in [4.69, 9.17) is 33.3 Å². The minimum absolute atomic E-state index is 0.115. The fourth-order valence-corrected chi connectivity index (χ4v) is 8.87. The predicted octanol–water partition coefficient (Wildman–Crippen LogP) is 4.72. The van der Waals surface area contributed by atoms with E-state index >= 15 is 0 Å². The van der Waals surface area contributed by atoms with Gasteiger partial charge < -0.3 is 38.5 Å². The lowest BCUT2D eigenvalue weighted by Gasteiger charge is -2.21. The van der Waals surface area contributed by atoms with Gasteiger partial charge in [-0.3, -0.25) is 9.32 Å². The number of rotatable bonds is 22. The fourth-order valence-electron chi connectivity index (χ4n) is 3.06. The van der Waals surface area contributed by atoms with Gasteiger partial charge in [0, 0.05) is 23.8 Å². The van der Waals surface area contributed by atoms with Crippen molar-refractivity contribution in [1.82, 2.24) is 0 Å². The number of esters is 1. The van der Waals surface area contributed by atoms with Crippen LogP contribution in [0, 0.1) is 11.7 Å². The Bertz CT molecular complexity index is 1070. The minimum atomic E-state index is -5.64. The summed E-state index contributed by atoms with van der Waals surface area (Å²) in [5.41, 5.74) is 0. The normalized spacial score (nSPS) is 21.6. The Morgan fingerprint density at radius 1 is 1.02 bits per heavy atom. The quantitative estimate of drug-likeness (QED) is 0.0223. The topological polar surface area (TPSA) is 214 Å². The Balaban J connectivity index is 2.39. The molecule has 1 fully saturated rings. The second-order valence-electron chi connectivity index (χ2n) is 9.70. The minimum Gasteiger partial charge on any atom is -0.466 e. The number of carbonyl (C=O) groups is 1. The van der Waals surface area contributed by atoms with Crippen LogP contribution in [0.1, 0.15) is 52.9 Å². The maximum absolute atomic E-state index is 12.1. The third-order valence-corrected chi connectivity index (χ3v) is 13.0. The van der Waals surface area contributed by atoms with Crippen LogP contribution in [0.4, 0.5) is 0 Å². The van der Waals surface area contributed by atoms with Crippen molar-refractivity contribution < 1.29 is 70.2 Å². The second kappa shape index (κ2) is 21.7. The van der Waals surface area contributed by atoms with E-state index in [0.717, 1.165) is 6.42 Å². The SMILES string of the molecule is CSSCO[C@H]1C[C@H]([B]C#CCCC(=O)OCCCCOCSSC(C)(C)C)O[C@@H]1COP(=O)(O)OP(=O)(O)OP(=O)(O)O. The molecule has 0 aromatic carbocycles. The van der Waals surface area contributed by atoms with Crippen molar-refractivity contribution >= 4 is 79.9 Å². The zero-order valence-electron chi connectivity index (χ0n) is 24.6. The standard InChI is InChI=1S/C21H39BO15P3S4/c1-21(2,3)44-43-15-31-11-7-8-12-32-20(23)9-5-6-10-22-19-13-17(33-16-42-41-4)18(35-19)14-34-39(27,28)37-40(29,30)36-38(24,25)26/h17-19H,5,7-9,11-16H2,1-4H3,(H,27,28)(H,29,30)(H2,24,25,26)/t17-,18+,19+/m0/s1. The highest BCUT2D eigenvalue weighted by atomic mass is 33.1. The molecule has 1 radical (unpaired) electrons. The van der Waals surface area contributed by atoms with Crippen molar-refractivity contribution in [1.29, 1.82) is 0 Å². The van der Waals surface area contributed by atoms with Crippen LogP contribution >= 0.6 is 66.6 Å². The first-order valence-corrected chi connectivity index (χ1v) is 22.5. The van der Waals surface area contributed by atoms with Crippen LogP contribution < -0.4 is 0 Å². The molecule has 255 valence electrons. The Labute approximate surface area is 274 Å². The first-order valence-electron chi connectivity index (χ1n) is 13.0. The monoisotopic (exact) mass is 763 g/mol. The number of hydrogen-bond donors (Lipinski definition) is 4. The molecule has 0 spiro atoms. The molecule has 15 nitrogen and oxygen atoms in total. The third kappa shape index (κ3) is 23.2. The molecule has 1 heterocycles. The highest BCUT2D eigenvalue weighted by Gasteiger charge is 2.43. The molecule has 0 amide bonds. The molecule has 4 N–H and O–H groups in total. The summed E-state index contributed by atoms with van der Waals surface area (Å²) < 4.78 is 68.9. The number of phosphoric acid groups is 3. The van der Waals surface area contributed by atoms with E-state index in [9.17, 15) is 28.3 Å². The summed E-state index contributed by atoms with van der Waals surface area (Å²) in [6, 6.07) is -0.569. The highest BCUT2D eigenvalue weighted by Crippen LogP contribution is 2.66. The summed E-state index contributed by atoms with van der Waals surface area (Å²) in [5, 5.41) is 0. The maximum Gasteiger partial charge on any atom is 0.490 e. The average molecular weight is 764 g/mol. The summed E-state index contributed by atoms with van der Waals surface area (Å²) in [5.74, 6) is 6.14. The zero-order valence-corrected chi connectivity index (χ0v) is 30.6. The van der Waals surface area contributed by atoms with Crippen molar-refractivity contribution in [2.45, 2.75) is 75.8 Å². The molecule has 5 atom stereocenters. The van der Waals surface area contributed by atoms with Crippen LogP contribution in [0.2, 0.25) is 0 Å². The third-order valence-electron chi connectivity index (χ3n) is 4.71. The van der Waals surface area contributed by atoms with E-state index in [1.165, 1.54) is 28.9 Å². The van der Waals surface area contributed by atoms with E-state index in [-0.39, 0.29) is 29.5 Å². The summed E-state index contributed by atoms with van der Waals surface area (Å²) in [6.07, 6.45) is 2.46. The predicted molar refractivity (Wildman–Crippen MR) is 173 cm³/mol. The summed E-state index contributed by atoms with van der Waals surface area (Å²) >= 11 is 0. The molecule has 1 rings (SSSR count). The van der Waals surface area contributed by atoms with Crippen LogP contribution in [0.25, 0.3) is 0 Å². The van der Waals surface area contributed by atoms with Crippen molar-refractivity contribution in [3.63, 3.8) is 0 Å². The Hall–Kier alpha value is 0.785. The first kappa shape index (κ1) is 42.8. The largest absolute Gasteiger partial charge is 0.490 e. The van der Waals surface area contributed by atoms with Gasteiger partial charge in [0.1, 0.15) is 18.0 Å². The van der Waals surface area contributed by atoms with Gasteiger partial charge in [0.2, 0.25) is 0 Å². The van der Waals surface area contributed by atoms with Crippen LogP contribution in [0.5, 0.6) is 0 Å². The number of unbranched alkanes of at least 4 members (excludes halogenated alkanes) is 1. The fraction of sp³-hybridized carbons (Fsp3) is 0.857. The van der Waals surface area contributed by atoms with Gasteiger partial charge in [0.15, 0.2) is 0 Å². The Kier molecular flexibility index (Phi) is 21.1. The zero-order chi connectivity index (χ0) is 33.3. The van der Waals surface area contributed by atoms with Crippen LogP contribution in [0.15, 0.2) is 0 Å². The number of ether oxygens (including phenoxy) is 4. The summed E-state index contributed by atoms with van der Waals surface area (Å²) in [4.78, 5) is 48.2. The smallest absolute Gasteiger partial charge is 0.466 e. The lowest BCUT2D eigenvalue weighted by molar-refractivity contribution is -0.143. The molecule has 44 heavy (non-hydrogen) atoms. The molecule has 2 unspecified atom stereocenters. The molecule has 0 saturated carbocycles. The second-order valence-corrected chi connectivity index (χ2v) is 19.7. The molecule has 0 bridgehead atoms. The van der Waals surface area contributed by atoms with Gasteiger partial charge in [-0.2, -0.15) is 14.4 Å². The number of hydrogen-bond acceptors (Lipinski definition) is 15. The van der Waals surface area contributed by atoms with Crippen molar-refractivity contribution in [2.24, 2.45) is 0 Å². The Morgan fingerprint density at radius 2 is 1.73 bits per heavy atom. The first-order chi connectivity index (χ1) is 20.4. The van der Waals surface area contributed by atoms with Crippen LogP contribution in [-0.4, -0.2) is 93.7 Å². The van der Waals surface area contributed by atoms with Gasteiger partial charge in [-0.05, 0) is 25.5 Å². The number of carbonyl (C=O) groups excluding carboxylic acids is 1. The van der Waals surface area contributed by atoms with Crippen molar-refractivity contribution in [3.05, 3.63) is 0 Å². The summed E-state index contributed by atoms with van der Waals surface area (Å²) in [7, 11) is -8.64. The maximum atomic E-state index is 12.1. The lowest BCUT2D eigenvalue weighted by atomic mass is 9.71.